The molecule has 0 aromatic carbocycles. The van der Waals surface area contributed by atoms with Crippen molar-refractivity contribution in [2.75, 3.05) is 0 Å². The van der Waals surface area contributed by atoms with Crippen molar-refractivity contribution in [2.45, 2.75) is 0 Å². The summed E-state index contributed by atoms with van der Waals surface area (Å²) in [5.74, 6) is 0.714. The predicted molar refractivity (Wildman–Crippen MR) is 51.9 cm³/mol. The molecule has 0 amide bonds. The molecule has 2 aromatic heterocycles. The topological polar surface area (TPSA) is 43.6 Å². The van der Waals surface area contributed by atoms with Crippen LogP contribution in [0.3, 0.4) is 0 Å². The van der Waals surface area contributed by atoms with Crippen molar-refractivity contribution in [1.29, 1.82) is 0 Å². The molecule has 0 aliphatic carbocycles. The SMILES string of the molecule is Cn1cnc(-c2ccnc(Br)c2)n1. The van der Waals surface area contributed by atoms with E-state index in [4.69, 9.17) is 0 Å². The van der Waals surface area contributed by atoms with E-state index in [1.165, 1.54) is 0 Å². The molecule has 0 saturated carbocycles. The summed E-state index contributed by atoms with van der Waals surface area (Å²) in [6.07, 6.45) is 3.39. The Hall–Kier alpha value is -1.23. The second-order valence-corrected chi connectivity index (χ2v) is 3.42. The normalized spacial score (nSPS) is 10.3. The van der Waals surface area contributed by atoms with Crippen LogP contribution in [0.4, 0.5) is 0 Å². The summed E-state index contributed by atoms with van der Waals surface area (Å²) in [5.41, 5.74) is 0.961. The third-order valence-electron chi connectivity index (χ3n) is 1.58. The summed E-state index contributed by atoms with van der Waals surface area (Å²) in [4.78, 5) is 8.16. The number of nitrogens with zero attached hydrogens (tertiary/aromatic N) is 4. The highest BCUT2D eigenvalue weighted by Crippen LogP contribution is 2.16. The van der Waals surface area contributed by atoms with Gasteiger partial charge in [0.15, 0.2) is 5.82 Å². The van der Waals surface area contributed by atoms with E-state index >= 15 is 0 Å². The van der Waals surface area contributed by atoms with Gasteiger partial charge in [0.25, 0.3) is 0 Å². The lowest BCUT2D eigenvalue weighted by Gasteiger charge is -1.94. The Labute approximate surface area is 83.8 Å². The minimum Gasteiger partial charge on any atom is -0.255 e. The van der Waals surface area contributed by atoms with E-state index in [-0.39, 0.29) is 0 Å². The number of pyridine rings is 1. The monoisotopic (exact) mass is 238 g/mol. The number of hydrogen-bond donors (Lipinski definition) is 0. The molecule has 0 radical (unpaired) electrons. The maximum Gasteiger partial charge on any atom is 0.181 e. The van der Waals surface area contributed by atoms with E-state index in [1.54, 1.807) is 17.2 Å². The van der Waals surface area contributed by atoms with E-state index in [0.717, 1.165) is 10.2 Å². The molecule has 0 atom stereocenters. The van der Waals surface area contributed by atoms with Crippen LogP contribution in [0.5, 0.6) is 0 Å². The molecule has 2 rings (SSSR count). The van der Waals surface area contributed by atoms with E-state index in [0.29, 0.717) is 5.82 Å². The smallest absolute Gasteiger partial charge is 0.181 e. The second kappa shape index (κ2) is 3.26. The van der Waals surface area contributed by atoms with Gasteiger partial charge in [-0.25, -0.2) is 9.97 Å². The lowest BCUT2D eigenvalue weighted by molar-refractivity contribution is 0.768. The molecule has 4 nitrogen and oxygen atoms in total. The molecule has 0 N–H and O–H groups in total. The zero-order valence-electron chi connectivity index (χ0n) is 6.98. The van der Waals surface area contributed by atoms with Gasteiger partial charge in [0.2, 0.25) is 0 Å². The molecule has 0 fully saturated rings. The summed E-state index contributed by atoms with van der Waals surface area (Å²) in [5, 5.41) is 4.18. The van der Waals surface area contributed by atoms with Gasteiger partial charge in [-0.05, 0) is 28.1 Å². The average molecular weight is 239 g/mol. The Balaban J connectivity index is 2.46. The Morgan fingerprint density at radius 1 is 1.38 bits per heavy atom. The maximum atomic E-state index is 4.18. The van der Waals surface area contributed by atoms with E-state index in [1.807, 2.05) is 19.2 Å². The van der Waals surface area contributed by atoms with Crippen molar-refractivity contribution in [3.05, 3.63) is 29.3 Å². The van der Waals surface area contributed by atoms with Gasteiger partial charge in [-0.1, -0.05) is 0 Å². The molecule has 0 unspecified atom stereocenters. The molecule has 5 heteroatoms. The minimum atomic E-state index is 0.714. The Morgan fingerprint density at radius 3 is 2.85 bits per heavy atom. The Morgan fingerprint density at radius 2 is 2.23 bits per heavy atom. The standard InChI is InChI=1S/C8H7BrN4/c1-13-5-11-8(12-13)6-2-3-10-7(9)4-6/h2-5H,1H3. The molecular weight excluding hydrogens is 232 g/mol. The predicted octanol–water partition coefficient (Wildman–Crippen LogP) is 1.64. The fraction of sp³-hybridized carbons (Fsp3) is 0.125. The molecule has 0 bridgehead atoms. The molecular formula is C8H7BrN4. The Kier molecular flexibility index (Phi) is 2.10. The highest BCUT2D eigenvalue weighted by molar-refractivity contribution is 9.10. The van der Waals surface area contributed by atoms with Gasteiger partial charge < -0.3 is 0 Å². The number of halogens is 1. The summed E-state index contributed by atoms with van der Waals surface area (Å²) in [7, 11) is 1.84. The first-order valence-corrected chi connectivity index (χ1v) is 4.52. The van der Waals surface area contributed by atoms with Crippen LogP contribution in [0, 0.1) is 0 Å². The lowest BCUT2D eigenvalue weighted by Crippen LogP contribution is -1.88. The van der Waals surface area contributed by atoms with Crippen LogP contribution in [0.25, 0.3) is 11.4 Å². The number of hydrogen-bond acceptors (Lipinski definition) is 3. The van der Waals surface area contributed by atoms with Gasteiger partial charge in [0, 0.05) is 18.8 Å². The molecule has 0 aliphatic rings. The third-order valence-corrected chi connectivity index (χ3v) is 2.02. The molecule has 2 heterocycles. The highest BCUT2D eigenvalue weighted by Gasteiger charge is 2.02. The first-order chi connectivity index (χ1) is 6.25. The summed E-state index contributed by atoms with van der Waals surface area (Å²) >= 11 is 3.29. The third kappa shape index (κ3) is 1.75. The van der Waals surface area contributed by atoms with E-state index < -0.39 is 0 Å². The molecule has 66 valence electrons. The van der Waals surface area contributed by atoms with Crippen LogP contribution < -0.4 is 0 Å². The van der Waals surface area contributed by atoms with Gasteiger partial charge in [-0.3, -0.25) is 4.68 Å². The van der Waals surface area contributed by atoms with Crippen LogP contribution in [0.1, 0.15) is 0 Å². The van der Waals surface area contributed by atoms with Gasteiger partial charge >= 0.3 is 0 Å². The summed E-state index contributed by atoms with van der Waals surface area (Å²) in [6, 6.07) is 3.76. The highest BCUT2D eigenvalue weighted by atomic mass is 79.9. The fourth-order valence-corrected chi connectivity index (χ4v) is 1.38. The maximum absolute atomic E-state index is 4.18. The minimum absolute atomic E-state index is 0.714. The zero-order chi connectivity index (χ0) is 9.26. The number of rotatable bonds is 1. The van der Waals surface area contributed by atoms with Crippen LogP contribution in [-0.2, 0) is 7.05 Å². The largest absolute Gasteiger partial charge is 0.255 e. The van der Waals surface area contributed by atoms with Crippen molar-refractivity contribution in [2.24, 2.45) is 7.05 Å². The summed E-state index contributed by atoms with van der Waals surface area (Å²) < 4.78 is 2.46. The van der Waals surface area contributed by atoms with Crippen molar-refractivity contribution in [3.63, 3.8) is 0 Å². The van der Waals surface area contributed by atoms with Gasteiger partial charge in [0.05, 0.1) is 0 Å². The zero-order valence-corrected chi connectivity index (χ0v) is 8.56. The average Bonchev–Trinajstić information content (AvgIpc) is 2.52. The molecule has 0 saturated heterocycles. The summed E-state index contributed by atoms with van der Waals surface area (Å²) in [6.45, 7) is 0. The molecule has 2 aromatic rings. The van der Waals surface area contributed by atoms with Gasteiger partial charge in [-0.2, -0.15) is 5.10 Å². The molecule has 0 spiro atoms. The van der Waals surface area contributed by atoms with Crippen LogP contribution in [-0.4, -0.2) is 19.7 Å². The van der Waals surface area contributed by atoms with Gasteiger partial charge in [-0.15, -0.1) is 0 Å². The molecule has 13 heavy (non-hydrogen) atoms. The molecule has 0 aliphatic heterocycles. The number of aromatic nitrogens is 4. The fourth-order valence-electron chi connectivity index (χ4n) is 1.01. The van der Waals surface area contributed by atoms with Crippen LogP contribution in [0.2, 0.25) is 0 Å². The first kappa shape index (κ1) is 8.37. The lowest BCUT2D eigenvalue weighted by atomic mass is 10.3. The van der Waals surface area contributed by atoms with Gasteiger partial charge in [0.1, 0.15) is 10.9 Å². The van der Waals surface area contributed by atoms with Crippen molar-refractivity contribution >= 4 is 15.9 Å². The van der Waals surface area contributed by atoms with Crippen LogP contribution >= 0.6 is 15.9 Å². The van der Waals surface area contributed by atoms with E-state index in [9.17, 15) is 0 Å². The number of aryl methyl sites for hydroxylation is 1. The Bertz CT molecular complexity index is 424. The van der Waals surface area contributed by atoms with Crippen molar-refractivity contribution in [1.82, 2.24) is 19.7 Å². The van der Waals surface area contributed by atoms with Crippen LogP contribution in [0.15, 0.2) is 29.3 Å². The van der Waals surface area contributed by atoms with Crippen molar-refractivity contribution < 1.29 is 0 Å². The second-order valence-electron chi connectivity index (χ2n) is 2.61. The van der Waals surface area contributed by atoms with E-state index in [2.05, 4.69) is 31.0 Å². The van der Waals surface area contributed by atoms with Crippen molar-refractivity contribution in [3.8, 4) is 11.4 Å². The quantitative estimate of drug-likeness (QED) is 0.710. The first-order valence-electron chi connectivity index (χ1n) is 3.73.